The van der Waals surface area contributed by atoms with Gasteiger partial charge in [0.15, 0.2) is 11.6 Å². The molecule has 2 heterocycles. The molecule has 3 aromatic rings. The smallest absolute Gasteiger partial charge is 0.340 e. The van der Waals surface area contributed by atoms with Crippen LogP contribution in [0.1, 0.15) is 17.3 Å². The van der Waals surface area contributed by atoms with Crippen molar-refractivity contribution < 1.29 is 9.53 Å². The molecule has 0 spiro atoms. The lowest BCUT2D eigenvalue weighted by Crippen LogP contribution is -2.10. The van der Waals surface area contributed by atoms with Gasteiger partial charge in [-0.2, -0.15) is 0 Å². The lowest BCUT2D eigenvalue weighted by atomic mass is 10.2. The van der Waals surface area contributed by atoms with Crippen LogP contribution in [0.4, 0.5) is 28.7 Å². The summed E-state index contributed by atoms with van der Waals surface area (Å²) in [6.45, 7) is 2.05. The number of hydrogen-bond donors (Lipinski definition) is 3. The molecule has 0 fully saturated rings. The van der Waals surface area contributed by atoms with Gasteiger partial charge in [-0.1, -0.05) is 12.1 Å². The van der Waals surface area contributed by atoms with E-state index in [1.807, 2.05) is 6.07 Å². The Morgan fingerprint density at radius 2 is 1.88 bits per heavy atom. The topological polar surface area (TPSA) is 115 Å². The zero-order valence-electron chi connectivity index (χ0n) is 14.1. The minimum atomic E-state index is -0.420. The number of para-hydroxylation sites is 1. The third kappa shape index (κ3) is 3.86. The van der Waals surface area contributed by atoms with Gasteiger partial charge in [0.25, 0.3) is 0 Å². The highest BCUT2D eigenvalue weighted by atomic mass is 16.5. The number of nitrogens with two attached hydrogens (primary N) is 1. The predicted molar refractivity (Wildman–Crippen MR) is 99.6 cm³/mol. The number of aromatic nitrogens is 3. The number of esters is 1. The number of nitrogens with one attached hydrogen (secondary N) is 2. The third-order valence-electron chi connectivity index (χ3n) is 3.48. The third-order valence-corrected chi connectivity index (χ3v) is 3.48. The molecule has 8 nitrogen and oxygen atoms in total. The molecule has 8 heteroatoms. The molecule has 0 aliphatic heterocycles. The number of ether oxygens (including phenoxy) is 1. The Morgan fingerprint density at radius 3 is 2.62 bits per heavy atom. The van der Waals surface area contributed by atoms with E-state index in [9.17, 15) is 4.79 Å². The fourth-order valence-electron chi connectivity index (χ4n) is 2.27. The van der Waals surface area contributed by atoms with E-state index < -0.39 is 5.97 Å². The Bertz CT molecular complexity index is 901. The average Bonchev–Trinajstić information content (AvgIpc) is 2.66. The largest absolute Gasteiger partial charge is 0.462 e. The van der Waals surface area contributed by atoms with Crippen molar-refractivity contribution in [2.75, 3.05) is 23.0 Å². The van der Waals surface area contributed by atoms with E-state index >= 15 is 0 Å². The van der Waals surface area contributed by atoms with E-state index in [-0.39, 0.29) is 0 Å². The molecule has 0 aliphatic carbocycles. The van der Waals surface area contributed by atoms with Gasteiger partial charge >= 0.3 is 5.97 Å². The van der Waals surface area contributed by atoms with Gasteiger partial charge < -0.3 is 21.1 Å². The van der Waals surface area contributed by atoms with E-state index in [0.29, 0.717) is 35.2 Å². The molecule has 0 radical (unpaired) electrons. The second kappa shape index (κ2) is 7.93. The molecule has 4 N–H and O–H groups in total. The summed E-state index contributed by atoms with van der Waals surface area (Å²) < 4.78 is 5.08. The van der Waals surface area contributed by atoms with Gasteiger partial charge in [0, 0.05) is 6.20 Å². The van der Waals surface area contributed by atoms with E-state index in [1.165, 1.54) is 6.33 Å². The van der Waals surface area contributed by atoms with Gasteiger partial charge in [-0.3, -0.25) is 4.98 Å². The summed E-state index contributed by atoms with van der Waals surface area (Å²) in [5.74, 6) is 0.393. The maximum Gasteiger partial charge on any atom is 0.340 e. The van der Waals surface area contributed by atoms with Gasteiger partial charge in [-0.05, 0) is 31.2 Å². The Morgan fingerprint density at radius 1 is 1.12 bits per heavy atom. The molecule has 2 aromatic heterocycles. The molecule has 26 heavy (non-hydrogen) atoms. The van der Waals surface area contributed by atoms with Crippen LogP contribution in [0.3, 0.4) is 0 Å². The lowest BCUT2D eigenvalue weighted by molar-refractivity contribution is 0.0527. The van der Waals surface area contributed by atoms with Crippen LogP contribution in [0.15, 0.2) is 55.1 Å². The summed E-state index contributed by atoms with van der Waals surface area (Å²) in [4.78, 5) is 24.5. The number of hydrogen-bond acceptors (Lipinski definition) is 8. The molecular weight excluding hydrogens is 332 g/mol. The minimum Gasteiger partial charge on any atom is -0.462 e. The van der Waals surface area contributed by atoms with Crippen molar-refractivity contribution in [1.82, 2.24) is 15.0 Å². The summed E-state index contributed by atoms with van der Waals surface area (Å²) in [5, 5.41) is 6.16. The summed E-state index contributed by atoms with van der Waals surface area (Å²) in [6.07, 6.45) is 4.71. The number of carbonyl (C=O) groups is 1. The molecule has 0 saturated carbocycles. The van der Waals surface area contributed by atoms with Crippen molar-refractivity contribution in [3.63, 3.8) is 0 Å². The summed E-state index contributed by atoms with van der Waals surface area (Å²) in [5.41, 5.74) is 8.18. The van der Waals surface area contributed by atoms with E-state index in [2.05, 4.69) is 25.6 Å². The number of pyridine rings is 1. The van der Waals surface area contributed by atoms with Crippen LogP contribution in [0.2, 0.25) is 0 Å². The lowest BCUT2D eigenvalue weighted by Gasteiger charge is -2.14. The first kappa shape index (κ1) is 17.2. The molecule has 0 aliphatic rings. The second-order valence-corrected chi connectivity index (χ2v) is 5.24. The van der Waals surface area contributed by atoms with Crippen LogP contribution < -0.4 is 16.4 Å². The molecule has 1 aromatic carbocycles. The van der Waals surface area contributed by atoms with Crippen LogP contribution in [-0.4, -0.2) is 27.5 Å². The van der Waals surface area contributed by atoms with Crippen LogP contribution in [0, 0.1) is 0 Å². The van der Waals surface area contributed by atoms with Crippen molar-refractivity contribution in [1.29, 1.82) is 0 Å². The SMILES string of the molecule is CCOC(=O)c1ccccc1Nc1ncnc(Nc2cccnc2)c1N. The molecule has 0 atom stereocenters. The maximum absolute atomic E-state index is 12.1. The van der Waals surface area contributed by atoms with Crippen LogP contribution in [0.5, 0.6) is 0 Å². The van der Waals surface area contributed by atoms with Crippen molar-refractivity contribution in [2.45, 2.75) is 6.92 Å². The summed E-state index contributed by atoms with van der Waals surface area (Å²) >= 11 is 0. The highest BCUT2D eigenvalue weighted by molar-refractivity contribution is 5.97. The van der Waals surface area contributed by atoms with Gasteiger partial charge in [-0.25, -0.2) is 14.8 Å². The fraction of sp³-hybridized carbons (Fsp3) is 0.111. The molecule has 132 valence electrons. The van der Waals surface area contributed by atoms with E-state index in [0.717, 1.165) is 5.69 Å². The summed E-state index contributed by atoms with van der Waals surface area (Å²) in [7, 11) is 0. The Kier molecular flexibility index (Phi) is 5.23. The standard InChI is InChI=1S/C18H18N6O2/c1-2-26-18(25)13-7-3-4-8-14(13)24-17-15(19)16(21-11-22-17)23-12-6-5-9-20-10-12/h3-11H,2,19H2,1H3,(H2,21,22,23,24). The first-order valence-electron chi connectivity index (χ1n) is 7.99. The molecule has 0 unspecified atom stereocenters. The molecular formula is C18H18N6O2. The van der Waals surface area contributed by atoms with Crippen molar-refractivity contribution in [3.05, 3.63) is 60.7 Å². The van der Waals surface area contributed by atoms with Crippen LogP contribution in [-0.2, 0) is 4.74 Å². The van der Waals surface area contributed by atoms with Gasteiger partial charge in [0.1, 0.15) is 12.0 Å². The zero-order valence-corrected chi connectivity index (χ0v) is 14.1. The first-order chi connectivity index (χ1) is 12.7. The van der Waals surface area contributed by atoms with Crippen molar-refractivity contribution in [3.8, 4) is 0 Å². The van der Waals surface area contributed by atoms with Crippen LogP contribution in [0.25, 0.3) is 0 Å². The Hall–Kier alpha value is -3.68. The summed E-state index contributed by atoms with van der Waals surface area (Å²) in [6, 6.07) is 10.6. The number of anilines is 5. The normalized spacial score (nSPS) is 10.2. The predicted octanol–water partition coefficient (Wildman–Crippen LogP) is 3.12. The fourth-order valence-corrected chi connectivity index (χ4v) is 2.27. The zero-order chi connectivity index (χ0) is 18.4. The number of rotatable bonds is 6. The highest BCUT2D eigenvalue weighted by Gasteiger charge is 2.15. The number of nitrogens with zero attached hydrogens (tertiary/aromatic N) is 3. The highest BCUT2D eigenvalue weighted by Crippen LogP contribution is 2.29. The molecule has 0 bridgehead atoms. The molecule has 0 saturated heterocycles. The average molecular weight is 350 g/mol. The van der Waals surface area contributed by atoms with Gasteiger partial charge in [0.2, 0.25) is 0 Å². The number of carbonyl (C=O) groups excluding carboxylic acids is 1. The van der Waals surface area contributed by atoms with Gasteiger partial charge in [-0.15, -0.1) is 0 Å². The minimum absolute atomic E-state index is 0.294. The van der Waals surface area contributed by atoms with E-state index in [1.54, 1.807) is 49.6 Å². The molecule has 0 amide bonds. The second-order valence-electron chi connectivity index (χ2n) is 5.24. The monoisotopic (exact) mass is 350 g/mol. The maximum atomic E-state index is 12.1. The number of nitrogen functional groups attached to an aromatic ring is 1. The molecule has 3 rings (SSSR count). The van der Waals surface area contributed by atoms with Crippen LogP contribution >= 0.6 is 0 Å². The van der Waals surface area contributed by atoms with E-state index in [4.69, 9.17) is 10.5 Å². The Labute approximate surface area is 150 Å². The first-order valence-corrected chi connectivity index (χ1v) is 7.99. The number of benzene rings is 1. The van der Waals surface area contributed by atoms with Crippen molar-refractivity contribution >= 4 is 34.7 Å². The van der Waals surface area contributed by atoms with Crippen molar-refractivity contribution in [2.24, 2.45) is 0 Å². The Balaban J connectivity index is 1.88. The quantitative estimate of drug-likeness (QED) is 0.581. The van der Waals surface area contributed by atoms with Gasteiger partial charge in [0.05, 0.1) is 29.7 Å².